The fraction of sp³-hybridized carbons (Fsp3) is 0.294. The van der Waals surface area contributed by atoms with Gasteiger partial charge in [0.25, 0.3) is 0 Å². The van der Waals surface area contributed by atoms with Crippen LogP contribution in [-0.4, -0.2) is 18.1 Å². The van der Waals surface area contributed by atoms with Gasteiger partial charge in [-0.2, -0.15) is 5.26 Å². The van der Waals surface area contributed by atoms with Crippen LogP contribution in [0.15, 0.2) is 53.1 Å². The second-order valence-corrected chi connectivity index (χ2v) is 6.30. The van der Waals surface area contributed by atoms with Crippen LogP contribution in [-0.2, 0) is 5.41 Å². The summed E-state index contributed by atoms with van der Waals surface area (Å²) in [4.78, 5) is 6.70. The molecule has 1 aromatic carbocycles. The molecule has 3 nitrogen and oxygen atoms in total. The van der Waals surface area contributed by atoms with E-state index >= 15 is 0 Å². The van der Waals surface area contributed by atoms with Gasteiger partial charge in [-0.25, -0.2) is 4.98 Å². The summed E-state index contributed by atoms with van der Waals surface area (Å²) >= 11 is 3.41. The highest BCUT2D eigenvalue weighted by atomic mass is 79.9. The normalized spacial score (nSPS) is 17.2. The molecule has 0 bridgehead atoms. The number of benzene rings is 1. The van der Waals surface area contributed by atoms with E-state index in [-0.39, 0.29) is 5.41 Å². The maximum absolute atomic E-state index is 9.70. The number of nitrogens with zero attached hydrogens (tertiary/aromatic N) is 3. The van der Waals surface area contributed by atoms with Gasteiger partial charge < -0.3 is 4.90 Å². The van der Waals surface area contributed by atoms with Crippen LogP contribution in [0.2, 0.25) is 0 Å². The maximum atomic E-state index is 9.70. The van der Waals surface area contributed by atoms with Gasteiger partial charge in [0.15, 0.2) is 0 Å². The van der Waals surface area contributed by atoms with Gasteiger partial charge in [0.05, 0.1) is 11.5 Å². The Hall–Kier alpha value is -1.86. The number of anilines is 1. The van der Waals surface area contributed by atoms with Crippen LogP contribution in [0.5, 0.6) is 0 Å². The van der Waals surface area contributed by atoms with Gasteiger partial charge in [0.1, 0.15) is 5.82 Å². The van der Waals surface area contributed by atoms with Crippen molar-refractivity contribution in [3.05, 3.63) is 58.7 Å². The molecule has 106 valence electrons. The molecule has 1 fully saturated rings. The van der Waals surface area contributed by atoms with Crippen molar-refractivity contribution in [3.63, 3.8) is 0 Å². The molecular formula is C17H16BrN3. The molecule has 1 aliphatic rings. The molecule has 3 rings (SSSR count). The quantitative estimate of drug-likeness (QED) is 0.831. The minimum atomic E-state index is -0.354. The van der Waals surface area contributed by atoms with Gasteiger partial charge in [-0.1, -0.05) is 30.3 Å². The molecule has 1 saturated heterocycles. The molecule has 0 spiro atoms. The molecule has 1 aromatic heterocycles. The Kier molecular flexibility index (Phi) is 3.94. The van der Waals surface area contributed by atoms with Crippen molar-refractivity contribution < 1.29 is 0 Å². The smallest absolute Gasteiger partial charge is 0.128 e. The molecule has 4 heteroatoms. The lowest BCUT2D eigenvalue weighted by atomic mass is 9.74. The van der Waals surface area contributed by atoms with Gasteiger partial charge in [-0.3, -0.25) is 0 Å². The average Bonchev–Trinajstić information content (AvgIpc) is 2.56. The van der Waals surface area contributed by atoms with Gasteiger partial charge in [-0.15, -0.1) is 0 Å². The standard InChI is InChI=1S/C17H16BrN3/c18-15-6-7-16(20-12-15)21-10-8-17(13-19,9-11-21)14-4-2-1-3-5-14/h1-7,12H,8-11H2. The lowest BCUT2D eigenvalue weighted by molar-refractivity contribution is 0.414. The third-order valence-corrected chi connectivity index (χ3v) is 4.66. The van der Waals surface area contributed by atoms with E-state index in [0.717, 1.165) is 41.8 Å². The Bertz CT molecular complexity index is 638. The molecule has 0 atom stereocenters. The van der Waals surface area contributed by atoms with Crippen molar-refractivity contribution in [2.24, 2.45) is 0 Å². The Morgan fingerprint density at radius 2 is 1.81 bits per heavy atom. The topological polar surface area (TPSA) is 39.9 Å². The van der Waals surface area contributed by atoms with Crippen molar-refractivity contribution in [3.8, 4) is 6.07 Å². The van der Waals surface area contributed by atoms with Crippen molar-refractivity contribution in [1.29, 1.82) is 5.26 Å². The monoisotopic (exact) mass is 341 g/mol. The predicted octanol–water partition coefficient (Wildman–Crippen LogP) is 3.91. The molecule has 2 heterocycles. The Labute approximate surface area is 133 Å². The van der Waals surface area contributed by atoms with Crippen molar-refractivity contribution in [2.75, 3.05) is 18.0 Å². The van der Waals surface area contributed by atoms with Crippen LogP contribution in [0.3, 0.4) is 0 Å². The van der Waals surface area contributed by atoms with E-state index in [1.807, 2.05) is 36.5 Å². The van der Waals surface area contributed by atoms with E-state index in [4.69, 9.17) is 0 Å². The van der Waals surface area contributed by atoms with Crippen LogP contribution in [0, 0.1) is 11.3 Å². The first-order valence-corrected chi connectivity index (χ1v) is 7.86. The highest BCUT2D eigenvalue weighted by Crippen LogP contribution is 2.36. The summed E-state index contributed by atoms with van der Waals surface area (Å²) in [6.45, 7) is 1.72. The lowest BCUT2D eigenvalue weighted by Crippen LogP contribution is -2.42. The summed E-state index contributed by atoms with van der Waals surface area (Å²) in [5.41, 5.74) is 0.781. The minimum Gasteiger partial charge on any atom is -0.356 e. The number of nitriles is 1. The number of pyridine rings is 1. The number of piperidine rings is 1. The molecule has 0 aliphatic carbocycles. The zero-order valence-corrected chi connectivity index (χ0v) is 13.3. The largest absolute Gasteiger partial charge is 0.356 e. The SMILES string of the molecule is N#CC1(c2ccccc2)CCN(c2ccc(Br)cn2)CC1. The zero-order valence-electron chi connectivity index (χ0n) is 11.7. The van der Waals surface area contributed by atoms with Crippen LogP contribution in [0.1, 0.15) is 18.4 Å². The first kappa shape index (κ1) is 14.1. The fourth-order valence-corrected chi connectivity index (χ4v) is 3.13. The summed E-state index contributed by atoms with van der Waals surface area (Å²) in [5.74, 6) is 0.984. The van der Waals surface area contributed by atoms with E-state index in [1.54, 1.807) is 0 Å². The van der Waals surface area contributed by atoms with Crippen LogP contribution < -0.4 is 4.90 Å². The van der Waals surface area contributed by atoms with E-state index in [9.17, 15) is 5.26 Å². The summed E-state index contributed by atoms with van der Waals surface area (Å²) < 4.78 is 0.985. The maximum Gasteiger partial charge on any atom is 0.128 e. The van der Waals surface area contributed by atoms with E-state index in [1.165, 1.54) is 0 Å². The van der Waals surface area contributed by atoms with Crippen LogP contribution in [0.4, 0.5) is 5.82 Å². The van der Waals surface area contributed by atoms with E-state index in [0.29, 0.717) is 0 Å². The van der Waals surface area contributed by atoms with E-state index < -0.39 is 0 Å². The number of rotatable bonds is 2. The molecule has 0 N–H and O–H groups in total. The van der Waals surface area contributed by atoms with Gasteiger partial charge in [0, 0.05) is 23.8 Å². The average molecular weight is 342 g/mol. The second-order valence-electron chi connectivity index (χ2n) is 5.38. The molecule has 2 aromatic rings. The minimum absolute atomic E-state index is 0.354. The highest BCUT2D eigenvalue weighted by Gasteiger charge is 2.36. The molecule has 0 saturated carbocycles. The summed E-state index contributed by atoms with van der Waals surface area (Å²) in [7, 11) is 0. The molecule has 0 radical (unpaired) electrons. The number of hydrogen-bond donors (Lipinski definition) is 0. The van der Waals surface area contributed by atoms with Gasteiger partial charge in [-0.05, 0) is 46.5 Å². The third-order valence-electron chi connectivity index (χ3n) is 4.19. The number of hydrogen-bond acceptors (Lipinski definition) is 3. The third kappa shape index (κ3) is 2.79. The zero-order chi connectivity index (χ0) is 14.7. The van der Waals surface area contributed by atoms with Crippen molar-refractivity contribution in [1.82, 2.24) is 4.98 Å². The van der Waals surface area contributed by atoms with Crippen LogP contribution in [0.25, 0.3) is 0 Å². The Balaban J connectivity index is 1.77. The highest BCUT2D eigenvalue weighted by molar-refractivity contribution is 9.10. The second kappa shape index (κ2) is 5.87. The molecule has 0 amide bonds. The summed E-state index contributed by atoms with van der Waals surface area (Å²) in [5, 5.41) is 9.70. The van der Waals surface area contributed by atoms with Crippen molar-refractivity contribution in [2.45, 2.75) is 18.3 Å². The Morgan fingerprint density at radius 1 is 1.10 bits per heavy atom. The van der Waals surface area contributed by atoms with Crippen molar-refractivity contribution >= 4 is 21.7 Å². The Morgan fingerprint density at radius 3 is 2.38 bits per heavy atom. The number of aromatic nitrogens is 1. The lowest BCUT2D eigenvalue weighted by Gasteiger charge is -2.38. The van der Waals surface area contributed by atoms with Crippen LogP contribution >= 0.6 is 15.9 Å². The first-order valence-electron chi connectivity index (χ1n) is 7.07. The number of halogens is 1. The summed E-state index contributed by atoms with van der Waals surface area (Å²) in [6, 6.07) is 16.7. The molecule has 21 heavy (non-hydrogen) atoms. The van der Waals surface area contributed by atoms with Gasteiger partial charge >= 0.3 is 0 Å². The van der Waals surface area contributed by atoms with E-state index in [2.05, 4.69) is 44.0 Å². The fourth-order valence-electron chi connectivity index (χ4n) is 2.89. The molecule has 0 unspecified atom stereocenters. The molecule has 1 aliphatic heterocycles. The molecular weight excluding hydrogens is 326 g/mol. The van der Waals surface area contributed by atoms with Gasteiger partial charge in [0.2, 0.25) is 0 Å². The summed E-state index contributed by atoms with van der Waals surface area (Å²) in [6.07, 6.45) is 3.50. The first-order chi connectivity index (χ1) is 10.2. The predicted molar refractivity (Wildman–Crippen MR) is 87.1 cm³/mol.